The molecular formula is C25H32O3S. The first-order chi connectivity index (χ1) is 13.8. The van der Waals surface area contributed by atoms with Gasteiger partial charge in [-0.3, -0.25) is 0 Å². The predicted octanol–water partition coefficient (Wildman–Crippen LogP) is 6.24. The van der Waals surface area contributed by atoms with Crippen LogP contribution >= 0.6 is 0 Å². The van der Waals surface area contributed by atoms with E-state index in [2.05, 4.69) is 20.8 Å². The van der Waals surface area contributed by atoms with Crippen LogP contribution in [0.4, 0.5) is 0 Å². The monoisotopic (exact) mass is 412 g/mol. The molecule has 2 aromatic carbocycles. The molecule has 29 heavy (non-hydrogen) atoms. The van der Waals surface area contributed by atoms with Gasteiger partial charge in [-0.2, -0.15) is 0 Å². The molecule has 1 fully saturated rings. The van der Waals surface area contributed by atoms with Crippen LogP contribution in [-0.4, -0.2) is 14.5 Å². The van der Waals surface area contributed by atoms with E-state index in [0.717, 1.165) is 24.0 Å². The first-order valence-electron chi connectivity index (χ1n) is 10.5. The summed E-state index contributed by atoms with van der Waals surface area (Å²) in [4.78, 5) is 0.273. The molecular weight excluding hydrogens is 380 g/mol. The Balaban J connectivity index is 2.01. The molecule has 2 aromatic rings. The highest BCUT2D eigenvalue weighted by Crippen LogP contribution is 2.38. The highest BCUT2D eigenvalue weighted by Gasteiger charge is 2.35. The number of sulfone groups is 1. The summed E-state index contributed by atoms with van der Waals surface area (Å²) in [5, 5.41) is 0.0531. The Hall–Kier alpha value is -2.07. The molecule has 0 aliphatic heterocycles. The van der Waals surface area contributed by atoms with Crippen molar-refractivity contribution in [3.63, 3.8) is 0 Å². The van der Waals surface area contributed by atoms with Crippen molar-refractivity contribution in [3.05, 3.63) is 70.8 Å². The summed E-state index contributed by atoms with van der Waals surface area (Å²) in [5.74, 6) is 1.35. The zero-order valence-corrected chi connectivity index (χ0v) is 18.7. The molecule has 0 bridgehead atoms. The van der Waals surface area contributed by atoms with Gasteiger partial charge in [0.2, 0.25) is 14.9 Å². The molecule has 3 rings (SSSR count). The van der Waals surface area contributed by atoms with E-state index in [0.29, 0.717) is 17.8 Å². The van der Waals surface area contributed by atoms with E-state index in [-0.39, 0.29) is 16.1 Å². The van der Waals surface area contributed by atoms with Crippen LogP contribution < -0.4 is 0 Å². The third kappa shape index (κ3) is 5.30. The van der Waals surface area contributed by atoms with Gasteiger partial charge in [0.15, 0.2) is 0 Å². The molecule has 1 saturated carbocycles. The minimum Gasteiger partial charge on any atom is -0.479 e. The Kier molecular flexibility index (Phi) is 6.84. The Morgan fingerprint density at radius 2 is 1.69 bits per heavy atom. The molecule has 0 spiro atoms. The molecule has 1 aliphatic carbocycles. The second-order valence-corrected chi connectivity index (χ2v) is 10.6. The molecule has 3 atom stereocenters. The Morgan fingerprint density at radius 3 is 2.31 bits per heavy atom. The van der Waals surface area contributed by atoms with Crippen molar-refractivity contribution in [2.24, 2.45) is 17.8 Å². The van der Waals surface area contributed by atoms with E-state index < -0.39 is 9.84 Å². The maximum absolute atomic E-state index is 13.5. The van der Waals surface area contributed by atoms with Gasteiger partial charge in [0.25, 0.3) is 0 Å². The zero-order valence-electron chi connectivity index (χ0n) is 17.8. The van der Waals surface area contributed by atoms with Gasteiger partial charge >= 0.3 is 0 Å². The van der Waals surface area contributed by atoms with E-state index in [4.69, 9.17) is 4.74 Å². The van der Waals surface area contributed by atoms with Crippen molar-refractivity contribution in [2.75, 3.05) is 0 Å². The van der Waals surface area contributed by atoms with Crippen molar-refractivity contribution in [1.82, 2.24) is 0 Å². The lowest BCUT2D eigenvalue weighted by Crippen LogP contribution is -2.35. The molecule has 0 N–H and O–H groups in total. The third-order valence-corrected chi connectivity index (χ3v) is 7.55. The first-order valence-corrected chi connectivity index (χ1v) is 12.0. The quantitative estimate of drug-likeness (QED) is 0.527. The molecule has 156 valence electrons. The normalized spacial score (nSPS) is 23.2. The van der Waals surface area contributed by atoms with Crippen LogP contribution in [-0.2, 0) is 14.6 Å². The lowest BCUT2D eigenvalue weighted by atomic mass is 9.75. The SMILES string of the molecule is Cc1ccc(S(=O)(=O)/C(=C/c2ccccc2)O[C@@H]2C[C@H](C)CC[C@H]2C(C)C)cc1. The molecule has 0 unspecified atom stereocenters. The molecule has 3 nitrogen and oxygen atoms in total. The van der Waals surface area contributed by atoms with Gasteiger partial charge < -0.3 is 4.74 Å². The standard InChI is InChI=1S/C25H32O3S/c1-18(2)23-15-12-20(4)16-24(23)28-25(17-21-8-6-5-7-9-21)29(26,27)22-13-10-19(3)11-14-22/h5-11,13-14,17-18,20,23-24H,12,15-16H2,1-4H3/b25-17+/t20-,23+,24-/m1/s1. The summed E-state index contributed by atoms with van der Waals surface area (Å²) in [6.07, 6.45) is 4.72. The molecule has 0 amide bonds. The molecule has 0 heterocycles. The number of hydrogen-bond donors (Lipinski definition) is 0. The lowest BCUT2D eigenvalue weighted by Gasteiger charge is -2.37. The number of aryl methyl sites for hydroxylation is 1. The second-order valence-electron chi connectivity index (χ2n) is 8.67. The second kappa shape index (κ2) is 9.17. The molecule has 0 saturated heterocycles. The van der Waals surface area contributed by atoms with E-state index in [1.54, 1.807) is 18.2 Å². The summed E-state index contributed by atoms with van der Waals surface area (Å²) < 4.78 is 33.3. The predicted molar refractivity (Wildman–Crippen MR) is 119 cm³/mol. The Morgan fingerprint density at radius 1 is 1.03 bits per heavy atom. The van der Waals surface area contributed by atoms with Gasteiger partial charge in [0.05, 0.1) is 4.90 Å². The van der Waals surface area contributed by atoms with Crippen LogP contribution in [0.5, 0.6) is 0 Å². The van der Waals surface area contributed by atoms with Crippen LogP contribution in [0.15, 0.2) is 64.6 Å². The average molecular weight is 413 g/mol. The van der Waals surface area contributed by atoms with Crippen LogP contribution in [0.2, 0.25) is 0 Å². The van der Waals surface area contributed by atoms with Crippen LogP contribution in [0.3, 0.4) is 0 Å². The van der Waals surface area contributed by atoms with Crippen LogP contribution in [0.25, 0.3) is 6.08 Å². The van der Waals surface area contributed by atoms with E-state index in [9.17, 15) is 8.42 Å². The maximum atomic E-state index is 13.5. The maximum Gasteiger partial charge on any atom is 0.239 e. The summed E-state index contributed by atoms with van der Waals surface area (Å²) >= 11 is 0. The summed E-state index contributed by atoms with van der Waals surface area (Å²) in [6.45, 7) is 8.57. The van der Waals surface area contributed by atoms with Crippen molar-refractivity contribution in [1.29, 1.82) is 0 Å². The Labute approximate surface area is 175 Å². The minimum absolute atomic E-state index is 0.0531. The van der Waals surface area contributed by atoms with Gasteiger partial charge in [0.1, 0.15) is 6.10 Å². The van der Waals surface area contributed by atoms with Crippen molar-refractivity contribution in [3.8, 4) is 0 Å². The van der Waals surface area contributed by atoms with Gasteiger partial charge in [-0.05, 0) is 61.3 Å². The van der Waals surface area contributed by atoms with E-state index in [1.165, 1.54) is 6.42 Å². The molecule has 0 radical (unpaired) electrons. The number of rotatable bonds is 6. The first kappa shape index (κ1) is 21.6. The number of ether oxygens (including phenoxy) is 1. The zero-order chi connectivity index (χ0) is 21.0. The summed E-state index contributed by atoms with van der Waals surface area (Å²) in [6, 6.07) is 16.5. The van der Waals surface area contributed by atoms with Gasteiger partial charge in [-0.25, -0.2) is 8.42 Å². The summed E-state index contributed by atoms with van der Waals surface area (Å²) in [5.41, 5.74) is 1.85. The topological polar surface area (TPSA) is 43.4 Å². The van der Waals surface area contributed by atoms with Gasteiger partial charge in [-0.1, -0.05) is 75.2 Å². The third-order valence-electron chi connectivity index (χ3n) is 5.91. The lowest BCUT2D eigenvalue weighted by molar-refractivity contribution is 0.00883. The van der Waals surface area contributed by atoms with Crippen LogP contribution in [0.1, 0.15) is 51.2 Å². The van der Waals surface area contributed by atoms with Crippen molar-refractivity contribution >= 4 is 15.9 Å². The fourth-order valence-electron chi connectivity index (χ4n) is 4.09. The Bertz CT molecular complexity index is 928. The summed E-state index contributed by atoms with van der Waals surface area (Å²) in [7, 11) is -3.74. The smallest absolute Gasteiger partial charge is 0.239 e. The van der Waals surface area contributed by atoms with E-state index in [1.807, 2.05) is 49.4 Å². The van der Waals surface area contributed by atoms with Crippen molar-refractivity contribution in [2.45, 2.75) is 58.0 Å². The van der Waals surface area contributed by atoms with Gasteiger partial charge in [0, 0.05) is 0 Å². The van der Waals surface area contributed by atoms with E-state index >= 15 is 0 Å². The molecule has 1 aliphatic rings. The fourth-order valence-corrected chi connectivity index (χ4v) is 5.36. The molecule has 4 heteroatoms. The van der Waals surface area contributed by atoms with Gasteiger partial charge in [-0.15, -0.1) is 0 Å². The number of benzene rings is 2. The largest absolute Gasteiger partial charge is 0.479 e. The minimum atomic E-state index is -3.74. The van der Waals surface area contributed by atoms with Crippen molar-refractivity contribution < 1.29 is 13.2 Å². The van der Waals surface area contributed by atoms with Crippen LogP contribution in [0, 0.1) is 24.7 Å². The highest BCUT2D eigenvalue weighted by atomic mass is 32.2. The highest BCUT2D eigenvalue weighted by molar-refractivity contribution is 7.95. The fraction of sp³-hybridized carbons (Fsp3) is 0.440. The number of hydrogen-bond acceptors (Lipinski definition) is 3. The average Bonchev–Trinajstić information content (AvgIpc) is 2.68. The molecule has 0 aromatic heterocycles.